The molecule has 0 N–H and O–H groups in total. The normalized spacial score (nSPS) is 26.2. The van der Waals surface area contributed by atoms with E-state index in [0.29, 0.717) is 12.9 Å². The van der Waals surface area contributed by atoms with Crippen molar-refractivity contribution in [1.29, 1.82) is 0 Å². The van der Waals surface area contributed by atoms with Crippen LogP contribution in [0.1, 0.15) is 25.3 Å². The first kappa shape index (κ1) is 16.7. The second kappa shape index (κ2) is 7.22. The van der Waals surface area contributed by atoms with Gasteiger partial charge in [0.25, 0.3) is 0 Å². The zero-order valence-corrected chi connectivity index (χ0v) is 14.8. The molecule has 3 heterocycles. The minimum absolute atomic E-state index is 0.181. The van der Waals surface area contributed by atoms with Gasteiger partial charge in [-0.15, -0.1) is 0 Å². The lowest BCUT2D eigenvalue weighted by atomic mass is 10.0. The summed E-state index contributed by atoms with van der Waals surface area (Å²) in [6.07, 6.45) is 3.73. The lowest BCUT2D eigenvalue weighted by Crippen LogP contribution is -2.49. The summed E-state index contributed by atoms with van der Waals surface area (Å²) in [5, 5.41) is 0. The SMILES string of the molecule is CC(=O)N1CCN(C[C@@H]2CC[C@H](Cc3ccc4c(c3)OCO4)O2)CC1. The van der Waals surface area contributed by atoms with Crippen molar-refractivity contribution in [2.75, 3.05) is 39.5 Å². The maximum absolute atomic E-state index is 11.4. The standard InChI is InChI=1S/C19H26N2O4/c1-14(22)21-8-6-20(7-9-21)12-17-4-3-16(25-17)10-15-2-5-18-19(11-15)24-13-23-18/h2,5,11,16-17H,3-4,6-10,12-13H2,1H3/t16-,17+/m1/s1. The molecule has 3 aliphatic rings. The minimum atomic E-state index is 0.181. The molecular formula is C19H26N2O4. The second-order valence-electron chi connectivity index (χ2n) is 7.16. The van der Waals surface area contributed by atoms with E-state index in [2.05, 4.69) is 17.0 Å². The molecule has 0 unspecified atom stereocenters. The summed E-state index contributed by atoms with van der Waals surface area (Å²) in [5.41, 5.74) is 1.24. The van der Waals surface area contributed by atoms with E-state index in [0.717, 1.165) is 63.5 Å². The molecule has 0 aliphatic carbocycles. The largest absolute Gasteiger partial charge is 0.454 e. The summed E-state index contributed by atoms with van der Waals surface area (Å²) in [6.45, 7) is 6.52. The Morgan fingerprint density at radius 1 is 1.08 bits per heavy atom. The molecule has 4 rings (SSSR count). The van der Waals surface area contributed by atoms with Gasteiger partial charge in [-0.05, 0) is 37.0 Å². The van der Waals surface area contributed by atoms with E-state index in [1.165, 1.54) is 5.56 Å². The van der Waals surface area contributed by atoms with E-state index < -0.39 is 0 Å². The summed E-state index contributed by atoms with van der Waals surface area (Å²) in [5.74, 6) is 1.86. The van der Waals surface area contributed by atoms with Crippen molar-refractivity contribution in [2.45, 2.75) is 38.4 Å². The highest BCUT2D eigenvalue weighted by Crippen LogP contribution is 2.34. The van der Waals surface area contributed by atoms with Crippen LogP contribution in [0.4, 0.5) is 0 Å². The Morgan fingerprint density at radius 3 is 2.64 bits per heavy atom. The summed E-state index contributed by atoms with van der Waals surface area (Å²) in [6, 6.07) is 6.16. The maximum atomic E-state index is 11.4. The van der Waals surface area contributed by atoms with E-state index in [-0.39, 0.29) is 12.0 Å². The number of fused-ring (bicyclic) bond motifs is 1. The molecule has 2 fully saturated rings. The molecule has 1 aromatic carbocycles. The predicted octanol–water partition coefficient (Wildman–Crippen LogP) is 1.67. The van der Waals surface area contributed by atoms with Gasteiger partial charge >= 0.3 is 0 Å². The van der Waals surface area contributed by atoms with Crippen molar-refractivity contribution < 1.29 is 19.0 Å². The smallest absolute Gasteiger partial charge is 0.231 e. The van der Waals surface area contributed by atoms with E-state index in [4.69, 9.17) is 14.2 Å². The second-order valence-corrected chi connectivity index (χ2v) is 7.16. The predicted molar refractivity (Wildman–Crippen MR) is 92.9 cm³/mol. The minimum Gasteiger partial charge on any atom is -0.454 e. The van der Waals surface area contributed by atoms with Gasteiger partial charge in [0.1, 0.15) is 0 Å². The van der Waals surface area contributed by atoms with Crippen LogP contribution in [0.15, 0.2) is 18.2 Å². The number of hydrogen-bond donors (Lipinski definition) is 0. The number of ether oxygens (including phenoxy) is 3. The average Bonchev–Trinajstić information content (AvgIpc) is 3.24. The van der Waals surface area contributed by atoms with Crippen molar-refractivity contribution in [3.05, 3.63) is 23.8 Å². The molecule has 0 saturated carbocycles. The van der Waals surface area contributed by atoms with Gasteiger partial charge < -0.3 is 19.1 Å². The van der Waals surface area contributed by atoms with Crippen molar-refractivity contribution in [2.24, 2.45) is 0 Å². The Bertz CT molecular complexity index is 628. The third-order valence-electron chi connectivity index (χ3n) is 5.38. The molecule has 6 nitrogen and oxygen atoms in total. The number of piperazine rings is 1. The number of carbonyl (C=O) groups excluding carboxylic acids is 1. The van der Waals surface area contributed by atoms with Crippen LogP contribution in [-0.4, -0.2) is 67.4 Å². The number of carbonyl (C=O) groups is 1. The van der Waals surface area contributed by atoms with Crippen LogP contribution in [0.25, 0.3) is 0 Å². The molecule has 0 bridgehead atoms. The Labute approximate surface area is 148 Å². The molecule has 0 radical (unpaired) electrons. The molecule has 6 heteroatoms. The Balaban J connectivity index is 1.24. The fourth-order valence-electron chi connectivity index (χ4n) is 3.93. The third kappa shape index (κ3) is 3.90. The van der Waals surface area contributed by atoms with Crippen LogP contribution in [0, 0.1) is 0 Å². The first-order chi connectivity index (χ1) is 12.2. The van der Waals surface area contributed by atoms with Gasteiger partial charge in [0.15, 0.2) is 11.5 Å². The van der Waals surface area contributed by atoms with Gasteiger partial charge in [0.2, 0.25) is 12.7 Å². The lowest BCUT2D eigenvalue weighted by molar-refractivity contribution is -0.130. The Hall–Kier alpha value is -1.79. The van der Waals surface area contributed by atoms with Crippen LogP contribution in [0.2, 0.25) is 0 Å². The fourth-order valence-corrected chi connectivity index (χ4v) is 3.93. The number of nitrogens with zero attached hydrogens (tertiary/aromatic N) is 2. The van der Waals surface area contributed by atoms with Gasteiger partial charge in [0.05, 0.1) is 12.2 Å². The van der Waals surface area contributed by atoms with E-state index in [1.54, 1.807) is 6.92 Å². The van der Waals surface area contributed by atoms with Crippen LogP contribution in [0.5, 0.6) is 11.5 Å². The summed E-state index contributed by atoms with van der Waals surface area (Å²) >= 11 is 0. The van der Waals surface area contributed by atoms with Crippen LogP contribution >= 0.6 is 0 Å². The van der Waals surface area contributed by atoms with Crippen LogP contribution in [0.3, 0.4) is 0 Å². The van der Waals surface area contributed by atoms with Gasteiger partial charge in [-0.1, -0.05) is 6.07 Å². The summed E-state index contributed by atoms with van der Waals surface area (Å²) in [4.78, 5) is 15.8. The van der Waals surface area contributed by atoms with E-state index in [9.17, 15) is 4.79 Å². The molecule has 2 atom stereocenters. The van der Waals surface area contributed by atoms with Crippen molar-refractivity contribution in [1.82, 2.24) is 9.80 Å². The van der Waals surface area contributed by atoms with Crippen LogP contribution in [-0.2, 0) is 16.0 Å². The highest BCUT2D eigenvalue weighted by atomic mass is 16.7. The summed E-state index contributed by atoms with van der Waals surface area (Å²) < 4.78 is 17.1. The van der Waals surface area contributed by atoms with Crippen molar-refractivity contribution in [3.8, 4) is 11.5 Å². The molecule has 25 heavy (non-hydrogen) atoms. The first-order valence-electron chi connectivity index (χ1n) is 9.19. The number of amides is 1. The molecule has 1 aromatic rings. The third-order valence-corrected chi connectivity index (χ3v) is 5.38. The Morgan fingerprint density at radius 2 is 1.84 bits per heavy atom. The quantitative estimate of drug-likeness (QED) is 0.830. The van der Waals surface area contributed by atoms with Crippen LogP contribution < -0.4 is 9.47 Å². The fraction of sp³-hybridized carbons (Fsp3) is 0.632. The topological polar surface area (TPSA) is 51.2 Å². The lowest BCUT2D eigenvalue weighted by Gasteiger charge is -2.35. The van der Waals surface area contributed by atoms with Crippen molar-refractivity contribution in [3.63, 3.8) is 0 Å². The van der Waals surface area contributed by atoms with Crippen molar-refractivity contribution >= 4 is 5.91 Å². The molecule has 0 aromatic heterocycles. The maximum Gasteiger partial charge on any atom is 0.231 e. The average molecular weight is 346 g/mol. The van der Waals surface area contributed by atoms with Gasteiger partial charge in [-0.2, -0.15) is 0 Å². The molecule has 136 valence electrons. The van der Waals surface area contributed by atoms with Gasteiger partial charge in [-0.3, -0.25) is 9.69 Å². The molecule has 0 spiro atoms. The zero-order chi connectivity index (χ0) is 17.2. The summed E-state index contributed by atoms with van der Waals surface area (Å²) in [7, 11) is 0. The monoisotopic (exact) mass is 346 g/mol. The highest BCUT2D eigenvalue weighted by molar-refractivity contribution is 5.73. The number of rotatable bonds is 4. The molecular weight excluding hydrogens is 320 g/mol. The number of benzene rings is 1. The zero-order valence-electron chi connectivity index (χ0n) is 14.8. The first-order valence-corrected chi connectivity index (χ1v) is 9.19. The highest BCUT2D eigenvalue weighted by Gasteiger charge is 2.29. The Kier molecular flexibility index (Phi) is 4.81. The molecule has 3 aliphatic heterocycles. The van der Waals surface area contributed by atoms with E-state index in [1.807, 2.05) is 11.0 Å². The number of hydrogen-bond acceptors (Lipinski definition) is 5. The van der Waals surface area contributed by atoms with Gasteiger partial charge in [-0.25, -0.2) is 0 Å². The molecule has 1 amide bonds. The molecule has 2 saturated heterocycles. The van der Waals surface area contributed by atoms with Gasteiger partial charge in [0, 0.05) is 39.6 Å². The van der Waals surface area contributed by atoms with E-state index >= 15 is 0 Å².